The summed E-state index contributed by atoms with van der Waals surface area (Å²) in [4.78, 5) is 79.8. The van der Waals surface area contributed by atoms with Crippen molar-refractivity contribution in [1.29, 1.82) is 0 Å². The molecule has 1 heterocycles. The van der Waals surface area contributed by atoms with E-state index in [4.69, 9.17) is 4.74 Å². The van der Waals surface area contributed by atoms with E-state index in [1.807, 2.05) is 0 Å². The Bertz CT molecular complexity index is 1040. The molecular formula is C22H28N4O11S. The van der Waals surface area contributed by atoms with Gasteiger partial charge in [-0.05, 0) is 37.0 Å². The first kappa shape index (κ1) is 30.3. The number of nitrogens with zero attached hydrogens (tertiary/aromatic N) is 3. The number of thioether (sulfide) groups is 1. The molecule has 0 unspecified atom stereocenters. The maximum Gasteiger partial charge on any atom is 0.334 e. The van der Waals surface area contributed by atoms with Gasteiger partial charge in [0.15, 0.2) is 0 Å². The third kappa shape index (κ3) is 10.6. The summed E-state index contributed by atoms with van der Waals surface area (Å²) in [6.45, 7) is 1.21. The number of rotatable bonds is 15. The first-order chi connectivity index (χ1) is 18.1. The lowest BCUT2D eigenvalue weighted by Crippen LogP contribution is -2.45. The minimum atomic E-state index is -0.952. The Kier molecular flexibility index (Phi) is 12.2. The van der Waals surface area contributed by atoms with Crippen LogP contribution in [-0.4, -0.2) is 69.5 Å². The van der Waals surface area contributed by atoms with Crippen LogP contribution in [0.4, 0.5) is 0 Å². The van der Waals surface area contributed by atoms with Crippen LogP contribution in [0.3, 0.4) is 0 Å². The van der Waals surface area contributed by atoms with Gasteiger partial charge in [0, 0.05) is 24.6 Å². The molecule has 1 saturated heterocycles. The molecule has 1 aromatic rings. The van der Waals surface area contributed by atoms with Crippen molar-refractivity contribution in [2.45, 2.75) is 45.3 Å². The van der Waals surface area contributed by atoms with Crippen molar-refractivity contribution in [2.24, 2.45) is 5.92 Å². The molecule has 0 aliphatic carbocycles. The molecule has 208 valence electrons. The highest BCUT2D eigenvalue weighted by Gasteiger charge is 2.37. The number of hydrogen-bond acceptors (Lipinski definition) is 12. The number of carbonyl (C=O) groups excluding carboxylic acids is 4. The van der Waals surface area contributed by atoms with Crippen LogP contribution in [0, 0.1) is 26.1 Å². The Morgan fingerprint density at radius 1 is 1.18 bits per heavy atom. The number of hydrogen-bond donors (Lipinski definition) is 1. The van der Waals surface area contributed by atoms with Crippen molar-refractivity contribution in [2.75, 3.05) is 25.4 Å². The molecule has 2 amide bonds. The van der Waals surface area contributed by atoms with Gasteiger partial charge >= 0.3 is 5.97 Å². The van der Waals surface area contributed by atoms with Crippen LogP contribution in [-0.2, 0) is 35.5 Å². The number of carbonyl (C=O) groups is 4. The van der Waals surface area contributed by atoms with Crippen LogP contribution in [0.15, 0.2) is 24.3 Å². The zero-order chi connectivity index (χ0) is 28.1. The fourth-order valence-corrected chi connectivity index (χ4v) is 4.29. The number of likely N-dealkylation sites (tertiary alicyclic amines) is 1. The van der Waals surface area contributed by atoms with Gasteiger partial charge in [-0.15, -0.1) is 20.2 Å². The summed E-state index contributed by atoms with van der Waals surface area (Å²) in [5.74, 6) is -1.68. The number of amides is 2. The van der Waals surface area contributed by atoms with Gasteiger partial charge in [0.05, 0.1) is 13.2 Å². The molecule has 16 heteroatoms. The fraction of sp³-hybridized carbons (Fsp3) is 0.545. The lowest BCUT2D eigenvalue weighted by Gasteiger charge is -2.26. The van der Waals surface area contributed by atoms with Crippen LogP contribution in [0.2, 0.25) is 0 Å². The second-order valence-corrected chi connectivity index (χ2v) is 9.35. The lowest BCUT2D eigenvalue weighted by atomic mass is 10.1. The zero-order valence-corrected chi connectivity index (χ0v) is 21.4. The van der Waals surface area contributed by atoms with Gasteiger partial charge in [-0.1, -0.05) is 30.8 Å². The molecule has 1 fully saturated rings. The van der Waals surface area contributed by atoms with Crippen molar-refractivity contribution in [3.8, 4) is 5.75 Å². The van der Waals surface area contributed by atoms with Gasteiger partial charge in [-0.2, -0.15) is 0 Å². The number of esters is 1. The van der Waals surface area contributed by atoms with Crippen LogP contribution in [0.5, 0.6) is 5.75 Å². The fourth-order valence-electron chi connectivity index (χ4n) is 3.54. The Morgan fingerprint density at radius 2 is 1.92 bits per heavy atom. The molecule has 2 rings (SSSR count). The van der Waals surface area contributed by atoms with Crippen LogP contribution < -0.4 is 10.1 Å². The summed E-state index contributed by atoms with van der Waals surface area (Å²) < 4.78 is 5.41. The molecule has 0 spiro atoms. The van der Waals surface area contributed by atoms with Crippen LogP contribution >= 0.6 is 11.8 Å². The third-order valence-electron chi connectivity index (χ3n) is 5.35. The van der Waals surface area contributed by atoms with E-state index in [0.717, 1.165) is 11.8 Å². The molecular weight excluding hydrogens is 528 g/mol. The summed E-state index contributed by atoms with van der Waals surface area (Å²) in [5, 5.41) is 20.6. The van der Waals surface area contributed by atoms with Gasteiger partial charge < -0.3 is 24.6 Å². The SMILES string of the molecule is C[C@H](CSC(=O)CNC(=O)CCCO[N+](=O)[O-])C(=O)N1CCC[C@H]1C(=O)Oc1cccc(CO[N+](=O)[O-])c1. The monoisotopic (exact) mass is 556 g/mol. The van der Waals surface area contributed by atoms with E-state index >= 15 is 0 Å². The summed E-state index contributed by atoms with van der Waals surface area (Å²) in [6.07, 6.45) is 1.09. The molecule has 1 aliphatic heterocycles. The lowest BCUT2D eigenvalue weighted by molar-refractivity contribution is -0.763. The number of ether oxygens (including phenoxy) is 1. The third-order valence-corrected chi connectivity index (χ3v) is 6.49. The Morgan fingerprint density at radius 3 is 2.63 bits per heavy atom. The van der Waals surface area contributed by atoms with E-state index in [1.165, 1.54) is 17.0 Å². The smallest absolute Gasteiger partial charge is 0.334 e. The second-order valence-electron chi connectivity index (χ2n) is 8.28. The molecule has 0 bridgehead atoms. The topological polar surface area (TPSA) is 198 Å². The second kappa shape index (κ2) is 15.3. The Hall–Kier alpha value is -3.95. The van der Waals surface area contributed by atoms with Gasteiger partial charge in [-0.25, -0.2) is 4.79 Å². The van der Waals surface area contributed by atoms with Crippen LogP contribution in [0.1, 0.15) is 38.2 Å². The average Bonchev–Trinajstić information content (AvgIpc) is 3.37. The van der Waals surface area contributed by atoms with E-state index < -0.39 is 34.0 Å². The van der Waals surface area contributed by atoms with E-state index in [-0.39, 0.29) is 55.1 Å². The van der Waals surface area contributed by atoms with Crippen molar-refractivity contribution in [3.63, 3.8) is 0 Å². The Balaban J connectivity index is 1.78. The van der Waals surface area contributed by atoms with E-state index in [1.54, 1.807) is 19.1 Å². The maximum atomic E-state index is 13.0. The van der Waals surface area contributed by atoms with Crippen molar-refractivity contribution < 1.29 is 43.8 Å². The molecule has 2 atom stereocenters. The normalized spacial score (nSPS) is 15.3. The molecule has 1 aromatic carbocycles. The summed E-state index contributed by atoms with van der Waals surface area (Å²) >= 11 is 0.875. The predicted molar refractivity (Wildman–Crippen MR) is 130 cm³/mol. The minimum absolute atomic E-state index is 0.0376. The molecule has 38 heavy (non-hydrogen) atoms. The number of benzene rings is 1. The van der Waals surface area contributed by atoms with E-state index in [9.17, 15) is 39.4 Å². The maximum absolute atomic E-state index is 13.0. The van der Waals surface area contributed by atoms with Gasteiger partial charge in [0.25, 0.3) is 10.2 Å². The minimum Gasteiger partial charge on any atom is -0.425 e. The standard InChI is InChI=1S/C22H28N4O11S/c1-15(14-38-20(28)12-23-19(27)8-4-10-35-25(31)32)21(29)24-9-3-7-18(24)22(30)37-17-6-2-5-16(11-17)13-36-26(33)34/h2,5-6,11,15,18H,3-4,7-10,12-14H2,1H3,(H,23,27)/t15-,18+/m1/s1. The van der Waals surface area contributed by atoms with Crippen LogP contribution in [0.25, 0.3) is 0 Å². The van der Waals surface area contributed by atoms with E-state index in [0.29, 0.717) is 24.9 Å². The molecule has 1 aliphatic rings. The highest BCUT2D eigenvalue weighted by Crippen LogP contribution is 2.24. The van der Waals surface area contributed by atoms with Crippen molar-refractivity contribution in [1.82, 2.24) is 10.2 Å². The molecule has 0 saturated carbocycles. The Labute approximate surface area is 221 Å². The zero-order valence-electron chi connectivity index (χ0n) is 20.6. The first-order valence-corrected chi connectivity index (χ1v) is 12.6. The highest BCUT2D eigenvalue weighted by atomic mass is 32.2. The molecule has 0 radical (unpaired) electrons. The summed E-state index contributed by atoms with van der Waals surface area (Å²) in [5.41, 5.74) is 0.432. The van der Waals surface area contributed by atoms with E-state index in [2.05, 4.69) is 15.0 Å². The summed E-state index contributed by atoms with van der Waals surface area (Å²) in [6, 6.07) is 5.28. The molecule has 15 nitrogen and oxygen atoms in total. The van der Waals surface area contributed by atoms with Gasteiger partial charge in [0.2, 0.25) is 16.9 Å². The highest BCUT2D eigenvalue weighted by molar-refractivity contribution is 8.13. The predicted octanol–water partition coefficient (Wildman–Crippen LogP) is 1.29. The van der Waals surface area contributed by atoms with Crippen molar-refractivity contribution in [3.05, 3.63) is 50.1 Å². The number of nitrogens with one attached hydrogen (secondary N) is 1. The van der Waals surface area contributed by atoms with Crippen molar-refractivity contribution >= 4 is 34.7 Å². The summed E-state index contributed by atoms with van der Waals surface area (Å²) in [7, 11) is 0. The first-order valence-electron chi connectivity index (χ1n) is 11.6. The molecule has 0 aromatic heterocycles. The molecule has 1 N–H and O–H groups in total. The largest absolute Gasteiger partial charge is 0.425 e. The van der Waals surface area contributed by atoms with Gasteiger partial charge in [-0.3, -0.25) is 14.4 Å². The van der Waals surface area contributed by atoms with Gasteiger partial charge in [0.1, 0.15) is 18.4 Å². The quantitative estimate of drug-likeness (QED) is 0.107. The average molecular weight is 557 g/mol.